The number of imidazole rings is 1. The fraction of sp³-hybridized carbons (Fsp3) is 0.421. The van der Waals surface area contributed by atoms with Crippen LogP contribution in [0.25, 0.3) is 16.9 Å². The van der Waals surface area contributed by atoms with E-state index in [4.69, 9.17) is 0 Å². The lowest BCUT2D eigenvalue weighted by atomic mass is 10.1. The van der Waals surface area contributed by atoms with Gasteiger partial charge in [-0.25, -0.2) is 14.3 Å². The highest BCUT2D eigenvalue weighted by atomic mass is 16.2. The molecule has 3 aromatic rings. The van der Waals surface area contributed by atoms with Crippen LogP contribution in [0.15, 0.2) is 46.2 Å². The van der Waals surface area contributed by atoms with Crippen LogP contribution in [0.3, 0.4) is 0 Å². The molecule has 0 aliphatic heterocycles. The Morgan fingerprint density at radius 1 is 1.08 bits per heavy atom. The Kier molecular flexibility index (Phi) is 4.88. The van der Waals surface area contributed by atoms with Crippen LogP contribution in [-0.4, -0.2) is 18.7 Å². The predicted octanol–water partition coefficient (Wildman–Crippen LogP) is 2.81. The van der Waals surface area contributed by atoms with E-state index in [9.17, 15) is 9.59 Å². The lowest BCUT2D eigenvalue weighted by Gasteiger charge is -2.13. The van der Waals surface area contributed by atoms with Gasteiger partial charge in [-0.15, -0.1) is 0 Å². The van der Waals surface area contributed by atoms with Gasteiger partial charge in [0, 0.05) is 13.1 Å². The Morgan fingerprint density at radius 3 is 2.44 bits per heavy atom. The zero-order chi connectivity index (χ0) is 18.0. The van der Waals surface area contributed by atoms with E-state index in [1.54, 1.807) is 10.9 Å². The molecule has 0 aliphatic rings. The number of nitrogens with zero attached hydrogens (tertiary/aromatic N) is 4. The molecule has 0 fully saturated rings. The van der Waals surface area contributed by atoms with Gasteiger partial charge >= 0.3 is 5.69 Å². The third kappa shape index (κ3) is 3.16. The Hall–Kier alpha value is -2.63. The fourth-order valence-electron chi connectivity index (χ4n) is 2.98. The molecule has 0 saturated heterocycles. The highest BCUT2D eigenvalue weighted by Crippen LogP contribution is 2.13. The van der Waals surface area contributed by atoms with Gasteiger partial charge in [-0.1, -0.05) is 39.0 Å². The van der Waals surface area contributed by atoms with Crippen molar-refractivity contribution in [2.45, 2.75) is 46.7 Å². The van der Waals surface area contributed by atoms with Crippen molar-refractivity contribution in [1.82, 2.24) is 18.7 Å². The second kappa shape index (κ2) is 7.09. The van der Waals surface area contributed by atoms with E-state index in [0.717, 1.165) is 18.5 Å². The van der Waals surface area contributed by atoms with E-state index in [1.165, 1.54) is 4.57 Å². The second-order valence-electron chi connectivity index (χ2n) is 6.70. The summed E-state index contributed by atoms with van der Waals surface area (Å²) in [4.78, 5) is 30.4. The summed E-state index contributed by atoms with van der Waals surface area (Å²) in [6, 6.07) is 9.37. The first kappa shape index (κ1) is 17.2. The molecule has 2 heterocycles. The number of para-hydroxylation sites is 1. The van der Waals surface area contributed by atoms with E-state index in [-0.39, 0.29) is 11.2 Å². The van der Waals surface area contributed by atoms with Crippen molar-refractivity contribution >= 4 is 11.2 Å². The molecule has 0 unspecified atom stereocenters. The lowest BCUT2D eigenvalue weighted by Crippen LogP contribution is -2.40. The monoisotopic (exact) mass is 340 g/mol. The molecule has 0 saturated carbocycles. The Labute approximate surface area is 146 Å². The van der Waals surface area contributed by atoms with Crippen molar-refractivity contribution in [1.29, 1.82) is 0 Å². The second-order valence-corrected chi connectivity index (χ2v) is 6.70. The summed E-state index contributed by atoms with van der Waals surface area (Å²) in [5, 5.41) is 0. The van der Waals surface area contributed by atoms with Gasteiger partial charge in [0.2, 0.25) is 0 Å². The van der Waals surface area contributed by atoms with Crippen molar-refractivity contribution in [2.24, 2.45) is 5.92 Å². The van der Waals surface area contributed by atoms with Crippen LogP contribution >= 0.6 is 0 Å². The van der Waals surface area contributed by atoms with Crippen molar-refractivity contribution in [3.05, 3.63) is 57.5 Å². The van der Waals surface area contributed by atoms with Crippen LogP contribution in [0.2, 0.25) is 0 Å². The Balaban J connectivity index is 2.34. The molecular formula is C19H24N4O2. The van der Waals surface area contributed by atoms with Gasteiger partial charge in [0.1, 0.15) is 0 Å². The summed E-state index contributed by atoms with van der Waals surface area (Å²) < 4.78 is 4.74. The van der Waals surface area contributed by atoms with Crippen LogP contribution < -0.4 is 11.2 Å². The fourth-order valence-corrected chi connectivity index (χ4v) is 2.98. The third-order valence-electron chi connectivity index (χ3n) is 4.31. The van der Waals surface area contributed by atoms with Crippen molar-refractivity contribution in [3.63, 3.8) is 0 Å². The van der Waals surface area contributed by atoms with Gasteiger partial charge in [-0.3, -0.25) is 9.36 Å². The number of fused-ring (bicyclic) bond motifs is 1. The minimum atomic E-state index is -0.328. The number of rotatable bonds is 6. The van der Waals surface area contributed by atoms with Crippen molar-refractivity contribution in [2.75, 3.05) is 0 Å². The number of aryl methyl sites for hydroxylation is 1. The van der Waals surface area contributed by atoms with Crippen LogP contribution in [0.4, 0.5) is 0 Å². The topological polar surface area (TPSA) is 61.8 Å². The molecule has 3 rings (SSSR count). The maximum Gasteiger partial charge on any atom is 0.337 e. The first-order valence-corrected chi connectivity index (χ1v) is 8.80. The van der Waals surface area contributed by atoms with E-state index in [2.05, 4.69) is 25.8 Å². The highest BCUT2D eigenvalue weighted by molar-refractivity contribution is 5.72. The standard InChI is InChI=1S/C19H24N4O2/c1-4-11-21-13-20-17-16(21)18(24)22(12-10-14(2)3)19(25)23(17)15-8-6-5-7-9-15/h5-9,13-14H,4,10-12H2,1-3H3. The summed E-state index contributed by atoms with van der Waals surface area (Å²) in [5.41, 5.74) is 1.06. The smallest absolute Gasteiger partial charge is 0.325 e. The van der Waals surface area contributed by atoms with E-state index < -0.39 is 0 Å². The molecule has 25 heavy (non-hydrogen) atoms. The molecule has 6 nitrogen and oxygen atoms in total. The minimum absolute atomic E-state index is 0.251. The summed E-state index contributed by atoms with van der Waals surface area (Å²) in [7, 11) is 0. The van der Waals surface area contributed by atoms with Gasteiger partial charge in [-0.2, -0.15) is 0 Å². The molecule has 0 amide bonds. The van der Waals surface area contributed by atoms with Gasteiger partial charge in [0.25, 0.3) is 5.56 Å². The largest absolute Gasteiger partial charge is 0.337 e. The van der Waals surface area contributed by atoms with Crippen LogP contribution in [0, 0.1) is 5.92 Å². The number of hydrogen-bond donors (Lipinski definition) is 0. The molecule has 2 aromatic heterocycles. The van der Waals surface area contributed by atoms with E-state index in [0.29, 0.717) is 30.2 Å². The van der Waals surface area contributed by atoms with Gasteiger partial charge in [0.15, 0.2) is 11.2 Å². The number of benzene rings is 1. The average molecular weight is 340 g/mol. The van der Waals surface area contributed by atoms with Crippen LogP contribution in [0.1, 0.15) is 33.6 Å². The van der Waals surface area contributed by atoms with E-state index in [1.807, 2.05) is 34.9 Å². The molecule has 6 heteroatoms. The SMILES string of the molecule is CCCn1cnc2c1c(=O)n(CCC(C)C)c(=O)n2-c1ccccc1. The van der Waals surface area contributed by atoms with Gasteiger partial charge < -0.3 is 4.57 Å². The molecule has 0 N–H and O–H groups in total. The lowest BCUT2D eigenvalue weighted by molar-refractivity contribution is 0.491. The third-order valence-corrected chi connectivity index (χ3v) is 4.31. The first-order chi connectivity index (χ1) is 12.0. The van der Waals surface area contributed by atoms with Crippen molar-refractivity contribution in [3.8, 4) is 5.69 Å². The van der Waals surface area contributed by atoms with Gasteiger partial charge in [0.05, 0.1) is 12.0 Å². The molecule has 0 atom stereocenters. The van der Waals surface area contributed by atoms with Gasteiger partial charge in [-0.05, 0) is 30.9 Å². The van der Waals surface area contributed by atoms with Crippen LogP contribution in [0.5, 0.6) is 0 Å². The predicted molar refractivity (Wildman–Crippen MR) is 99.3 cm³/mol. The number of aromatic nitrogens is 4. The first-order valence-electron chi connectivity index (χ1n) is 8.80. The van der Waals surface area contributed by atoms with Crippen molar-refractivity contribution < 1.29 is 0 Å². The zero-order valence-corrected chi connectivity index (χ0v) is 15.0. The molecule has 0 aliphatic carbocycles. The summed E-state index contributed by atoms with van der Waals surface area (Å²) in [5.74, 6) is 0.410. The maximum absolute atomic E-state index is 13.1. The summed E-state index contributed by atoms with van der Waals surface area (Å²) >= 11 is 0. The summed E-state index contributed by atoms with van der Waals surface area (Å²) in [6.07, 6.45) is 3.32. The quantitative estimate of drug-likeness (QED) is 0.693. The minimum Gasteiger partial charge on any atom is -0.325 e. The Bertz CT molecular complexity index is 980. The molecule has 132 valence electrons. The maximum atomic E-state index is 13.1. The highest BCUT2D eigenvalue weighted by Gasteiger charge is 2.18. The summed E-state index contributed by atoms with van der Waals surface area (Å²) in [6.45, 7) is 7.33. The molecule has 1 aromatic carbocycles. The van der Waals surface area contributed by atoms with E-state index >= 15 is 0 Å². The Morgan fingerprint density at radius 2 is 1.80 bits per heavy atom. The molecule has 0 bridgehead atoms. The molecule has 0 radical (unpaired) electrons. The number of hydrogen-bond acceptors (Lipinski definition) is 3. The normalized spacial score (nSPS) is 11.5. The zero-order valence-electron chi connectivity index (χ0n) is 15.0. The van der Waals surface area contributed by atoms with Crippen LogP contribution in [-0.2, 0) is 13.1 Å². The average Bonchev–Trinajstić information content (AvgIpc) is 2.99. The molecule has 0 spiro atoms. The molecular weight excluding hydrogens is 316 g/mol.